The largest absolute Gasteiger partial charge is 0.295 e. The molecule has 1 aromatic heterocycles. The summed E-state index contributed by atoms with van der Waals surface area (Å²) in [6, 6.07) is 20.1. The molecule has 0 saturated carbocycles. The number of hydrogen-bond acceptors (Lipinski definition) is 2. The van der Waals surface area contributed by atoms with Crippen molar-refractivity contribution in [2.45, 2.75) is 13.8 Å². The average Bonchev–Trinajstić information content (AvgIpc) is 2.55. The first-order valence-electron chi connectivity index (χ1n) is 7.28. The van der Waals surface area contributed by atoms with Crippen LogP contribution in [0.15, 0.2) is 66.9 Å². The molecule has 2 nitrogen and oxygen atoms in total. The molecule has 0 aliphatic carbocycles. The van der Waals surface area contributed by atoms with Gasteiger partial charge in [0.25, 0.3) is 0 Å². The second-order valence-corrected chi connectivity index (χ2v) is 5.38. The molecule has 0 radical (unpaired) electrons. The van der Waals surface area contributed by atoms with Crippen molar-refractivity contribution in [3.8, 4) is 22.4 Å². The summed E-state index contributed by atoms with van der Waals surface area (Å²) in [7, 11) is 0. The molecule has 1 heterocycles. The summed E-state index contributed by atoms with van der Waals surface area (Å²) in [5.74, 6) is 0.0939. The Labute approximate surface area is 130 Å². The highest BCUT2D eigenvalue weighted by molar-refractivity contribution is 5.96. The lowest BCUT2D eigenvalue weighted by atomic mass is 10.00. The van der Waals surface area contributed by atoms with E-state index in [4.69, 9.17) is 0 Å². The number of rotatable bonds is 3. The molecule has 0 saturated heterocycles. The summed E-state index contributed by atoms with van der Waals surface area (Å²) in [6.45, 7) is 3.55. The van der Waals surface area contributed by atoms with E-state index in [0.717, 1.165) is 33.5 Å². The molecular weight excluding hydrogens is 270 g/mol. The second kappa shape index (κ2) is 5.94. The summed E-state index contributed by atoms with van der Waals surface area (Å²) < 4.78 is 0. The Kier molecular flexibility index (Phi) is 3.84. The quantitative estimate of drug-likeness (QED) is 0.639. The maximum absolute atomic E-state index is 11.5. The summed E-state index contributed by atoms with van der Waals surface area (Å²) >= 11 is 0. The van der Waals surface area contributed by atoms with E-state index >= 15 is 0 Å². The highest BCUT2D eigenvalue weighted by atomic mass is 16.1. The van der Waals surface area contributed by atoms with Crippen molar-refractivity contribution in [2.75, 3.05) is 0 Å². The van der Waals surface area contributed by atoms with Crippen LogP contribution in [0.5, 0.6) is 0 Å². The maximum Gasteiger partial charge on any atom is 0.160 e. The zero-order valence-corrected chi connectivity index (χ0v) is 12.7. The Morgan fingerprint density at radius 2 is 1.59 bits per heavy atom. The number of nitrogens with zero attached hydrogens (tertiary/aromatic N) is 1. The highest BCUT2D eigenvalue weighted by Gasteiger charge is 2.07. The van der Waals surface area contributed by atoms with Gasteiger partial charge in [0.05, 0.1) is 5.69 Å². The Balaban J connectivity index is 1.93. The van der Waals surface area contributed by atoms with Gasteiger partial charge < -0.3 is 0 Å². The van der Waals surface area contributed by atoms with E-state index < -0.39 is 0 Å². The molecule has 108 valence electrons. The molecule has 0 amide bonds. The molecule has 22 heavy (non-hydrogen) atoms. The van der Waals surface area contributed by atoms with E-state index in [1.54, 1.807) is 6.92 Å². The van der Waals surface area contributed by atoms with Gasteiger partial charge in [-0.15, -0.1) is 0 Å². The lowest BCUT2D eigenvalue weighted by Crippen LogP contribution is -1.96. The third-order valence-corrected chi connectivity index (χ3v) is 3.77. The van der Waals surface area contributed by atoms with Crippen LogP contribution in [0.1, 0.15) is 22.8 Å². The molecular formula is C20H17NO. The van der Waals surface area contributed by atoms with Crippen molar-refractivity contribution in [3.05, 3.63) is 78.0 Å². The van der Waals surface area contributed by atoms with E-state index in [9.17, 15) is 4.79 Å². The Bertz CT molecular complexity index is 805. The number of aryl methyl sites for hydroxylation is 1. The van der Waals surface area contributed by atoms with Crippen molar-refractivity contribution >= 4 is 5.78 Å². The number of Topliss-reactive ketones (excluding diaryl/α,β-unsaturated/α-hetero) is 1. The Morgan fingerprint density at radius 3 is 2.18 bits per heavy atom. The average molecular weight is 287 g/mol. The monoisotopic (exact) mass is 287 g/mol. The number of pyridine rings is 1. The SMILES string of the molecule is CC(=O)c1ccc(-c2ccc(-c3ccccc3)cn2)cc1C. The van der Waals surface area contributed by atoms with Crippen LogP contribution in [0.3, 0.4) is 0 Å². The zero-order valence-electron chi connectivity index (χ0n) is 12.7. The van der Waals surface area contributed by atoms with Crippen molar-refractivity contribution in [2.24, 2.45) is 0 Å². The number of carbonyl (C=O) groups excluding carboxylic acids is 1. The van der Waals surface area contributed by atoms with Crippen LogP contribution in [0.2, 0.25) is 0 Å². The van der Waals surface area contributed by atoms with Crippen molar-refractivity contribution in [1.29, 1.82) is 0 Å². The fourth-order valence-corrected chi connectivity index (χ4v) is 2.58. The minimum absolute atomic E-state index is 0.0939. The number of benzene rings is 2. The van der Waals surface area contributed by atoms with Gasteiger partial charge in [0.2, 0.25) is 0 Å². The molecule has 0 aliphatic heterocycles. The maximum atomic E-state index is 11.5. The molecule has 0 aliphatic rings. The summed E-state index contributed by atoms with van der Waals surface area (Å²) in [6.07, 6.45) is 1.89. The van der Waals surface area contributed by atoms with Crippen LogP contribution < -0.4 is 0 Å². The molecule has 0 bridgehead atoms. The van der Waals surface area contributed by atoms with Crippen LogP contribution in [0, 0.1) is 6.92 Å². The van der Waals surface area contributed by atoms with Crippen molar-refractivity contribution < 1.29 is 4.79 Å². The Hall–Kier alpha value is -2.74. The molecule has 0 fully saturated rings. The zero-order chi connectivity index (χ0) is 15.5. The van der Waals surface area contributed by atoms with Gasteiger partial charge in [-0.1, -0.05) is 48.5 Å². The predicted molar refractivity (Wildman–Crippen MR) is 89.9 cm³/mol. The van der Waals surface area contributed by atoms with Gasteiger partial charge in [0.15, 0.2) is 5.78 Å². The van der Waals surface area contributed by atoms with Gasteiger partial charge >= 0.3 is 0 Å². The first-order chi connectivity index (χ1) is 10.6. The van der Waals surface area contributed by atoms with Crippen LogP contribution >= 0.6 is 0 Å². The third kappa shape index (κ3) is 2.82. The molecule has 0 unspecified atom stereocenters. The lowest BCUT2D eigenvalue weighted by molar-refractivity contribution is 0.101. The second-order valence-electron chi connectivity index (χ2n) is 5.38. The number of aromatic nitrogens is 1. The Morgan fingerprint density at radius 1 is 0.864 bits per heavy atom. The van der Waals surface area contributed by atoms with Gasteiger partial charge in [-0.25, -0.2) is 0 Å². The molecule has 3 aromatic rings. The minimum atomic E-state index is 0.0939. The minimum Gasteiger partial charge on any atom is -0.295 e. The molecule has 0 atom stereocenters. The van der Waals surface area contributed by atoms with Crippen molar-refractivity contribution in [1.82, 2.24) is 4.98 Å². The standard InChI is InChI=1S/C20H17NO/c1-14-12-17(8-10-19(14)15(2)22)20-11-9-18(13-21-20)16-6-4-3-5-7-16/h3-13H,1-2H3. The number of carbonyl (C=O) groups is 1. The molecule has 2 heteroatoms. The van der Waals surface area contributed by atoms with E-state index in [2.05, 4.69) is 23.2 Å². The normalized spacial score (nSPS) is 10.5. The topological polar surface area (TPSA) is 30.0 Å². The van der Waals surface area contributed by atoms with E-state index in [1.807, 2.05) is 55.6 Å². The summed E-state index contributed by atoms with van der Waals surface area (Å²) in [5, 5.41) is 0. The van der Waals surface area contributed by atoms with Gasteiger partial charge in [-0.05, 0) is 37.1 Å². The van der Waals surface area contributed by atoms with Crippen LogP contribution in [0.4, 0.5) is 0 Å². The van der Waals surface area contributed by atoms with Crippen molar-refractivity contribution in [3.63, 3.8) is 0 Å². The fraction of sp³-hybridized carbons (Fsp3) is 0.100. The number of ketones is 1. The summed E-state index contributed by atoms with van der Waals surface area (Å²) in [5.41, 5.74) is 5.95. The molecule has 0 spiro atoms. The first kappa shape index (κ1) is 14.2. The smallest absolute Gasteiger partial charge is 0.160 e. The number of hydrogen-bond donors (Lipinski definition) is 0. The molecule has 2 aromatic carbocycles. The third-order valence-electron chi connectivity index (χ3n) is 3.77. The highest BCUT2D eigenvalue weighted by Crippen LogP contribution is 2.24. The van der Waals surface area contributed by atoms with Gasteiger partial charge in [-0.3, -0.25) is 9.78 Å². The summed E-state index contributed by atoms with van der Waals surface area (Å²) in [4.78, 5) is 16.1. The lowest BCUT2D eigenvalue weighted by Gasteiger charge is -2.07. The van der Waals surface area contributed by atoms with Gasteiger partial charge in [0.1, 0.15) is 0 Å². The fourth-order valence-electron chi connectivity index (χ4n) is 2.58. The van der Waals surface area contributed by atoms with Crippen LogP contribution in [-0.2, 0) is 0 Å². The molecule has 3 rings (SSSR count). The predicted octanol–water partition coefficient (Wildman–Crippen LogP) is 4.93. The van der Waals surface area contributed by atoms with Gasteiger partial charge in [0, 0.05) is 22.9 Å². The molecule has 0 N–H and O–H groups in total. The first-order valence-corrected chi connectivity index (χ1v) is 7.28. The van der Waals surface area contributed by atoms with Crippen LogP contribution in [-0.4, -0.2) is 10.8 Å². The van der Waals surface area contributed by atoms with E-state index in [0.29, 0.717) is 0 Å². The van der Waals surface area contributed by atoms with Gasteiger partial charge in [-0.2, -0.15) is 0 Å². The van der Waals surface area contributed by atoms with E-state index in [1.165, 1.54) is 0 Å². The van der Waals surface area contributed by atoms with E-state index in [-0.39, 0.29) is 5.78 Å². The van der Waals surface area contributed by atoms with Crippen LogP contribution in [0.25, 0.3) is 22.4 Å².